The second kappa shape index (κ2) is 5.80. The molecule has 17 heavy (non-hydrogen) atoms. The van der Waals surface area contributed by atoms with E-state index in [1.807, 2.05) is 24.3 Å². The van der Waals surface area contributed by atoms with E-state index < -0.39 is 0 Å². The first-order chi connectivity index (χ1) is 8.29. The fourth-order valence-corrected chi connectivity index (χ4v) is 1.74. The molecule has 1 saturated heterocycles. The largest absolute Gasteiger partial charge is 0.469 e. The molecule has 0 atom stereocenters. The van der Waals surface area contributed by atoms with E-state index in [-0.39, 0.29) is 5.97 Å². The predicted molar refractivity (Wildman–Crippen MR) is 63.6 cm³/mol. The summed E-state index contributed by atoms with van der Waals surface area (Å²) in [4.78, 5) is 11.3. The third-order valence-electron chi connectivity index (χ3n) is 2.90. The van der Waals surface area contributed by atoms with Crippen LogP contribution in [0.3, 0.4) is 0 Å². The van der Waals surface area contributed by atoms with Gasteiger partial charge in [0.2, 0.25) is 0 Å². The molecule has 0 amide bonds. The van der Waals surface area contributed by atoms with Gasteiger partial charge >= 0.3 is 5.97 Å². The zero-order valence-corrected chi connectivity index (χ0v) is 9.94. The van der Waals surface area contributed by atoms with Crippen LogP contribution in [-0.2, 0) is 27.2 Å². The Kier molecular flexibility index (Phi) is 4.12. The molecule has 1 fully saturated rings. The van der Waals surface area contributed by atoms with Gasteiger partial charge < -0.3 is 14.8 Å². The molecular formula is C13H17NO3. The van der Waals surface area contributed by atoms with Crippen molar-refractivity contribution in [2.75, 3.05) is 20.3 Å². The molecule has 0 aliphatic carbocycles. The van der Waals surface area contributed by atoms with Crippen LogP contribution in [0.2, 0.25) is 0 Å². The molecule has 4 heteroatoms. The highest BCUT2D eigenvalue weighted by atomic mass is 16.5. The van der Waals surface area contributed by atoms with Crippen molar-refractivity contribution in [2.45, 2.75) is 19.0 Å². The lowest BCUT2D eigenvalue weighted by Crippen LogP contribution is -2.45. The van der Waals surface area contributed by atoms with E-state index in [0.717, 1.165) is 30.9 Å². The number of hydrogen-bond donors (Lipinski definition) is 1. The zero-order chi connectivity index (χ0) is 12.1. The molecule has 2 rings (SSSR count). The Balaban J connectivity index is 1.96. The Morgan fingerprint density at radius 2 is 2.12 bits per heavy atom. The van der Waals surface area contributed by atoms with Gasteiger partial charge in [0.1, 0.15) is 0 Å². The number of ether oxygens (including phenoxy) is 2. The summed E-state index contributed by atoms with van der Waals surface area (Å²) in [5, 5.41) is 3.39. The minimum absolute atomic E-state index is 0.204. The fraction of sp³-hybridized carbons (Fsp3) is 0.462. The molecule has 0 saturated carbocycles. The van der Waals surface area contributed by atoms with E-state index in [9.17, 15) is 4.79 Å². The lowest BCUT2D eigenvalue weighted by molar-refractivity contribution is -0.139. The van der Waals surface area contributed by atoms with Crippen molar-refractivity contribution in [3.8, 4) is 0 Å². The Morgan fingerprint density at radius 3 is 2.71 bits per heavy atom. The van der Waals surface area contributed by atoms with Gasteiger partial charge in [-0.05, 0) is 11.1 Å². The number of rotatable bonds is 5. The van der Waals surface area contributed by atoms with Crippen molar-refractivity contribution < 1.29 is 14.3 Å². The van der Waals surface area contributed by atoms with E-state index in [1.54, 1.807) is 0 Å². The Labute approximate surface area is 101 Å². The van der Waals surface area contributed by atoms with Crippen molar-refractivity contribution in [2.24, 2.45) is 0 Å². The van der Waals surface area contributed by atoms with Crippen LogP contribution in [0.25, 0.3) is 0 Å². The van der Waals surface area contributed by atoms with E-state index >= 15 is 0 Å². The summed E-state index contributed by atoms with van der Waals surface area (Å²) in [7, 11) is 1.41. The number of benzene rings is 1. The van der Waals surface area contributed by atoms with Gasteiger partial charge in [0.25, 0.3) is 0 Å². The number of carbonyl (C=O) groups excluding carboxylic acids is 1. The standard InChI is InChI=1S/C13H17NO3/c1-16-13(15)6-10-4-2-3-5-11(10)7-14-12-8-17-9-12/h2-5,12,14H,6-9H2,1H3. The second-order valence-corrected chi connectivity index (χ2v) is 4.14. The molecule has 1 aliphatic rings. The summed E-state index contributed by atoms with van der Waals surface area (Å²) in [6, 6.07) is 8.36. The maximum absolute atomic E-state index is 11.3. The summed E-state index contributed by atoms with van der Waals surface area (Å²) in [5.41, 5.74) is 2.16. The highest BCUT2D eigenvalue weighted by Crippen LogP contribution is 2.11. The zero-order valence-electron chi connectivity index (χ0n) is 9.94. The van der Waals surface area contributed by atoms with E-state index in [0.29, 0.717) is 12.5 Å². The van der Waals surface area contributed by atoms with E-state index in [4.69, 9.17) is 4.74 Å². The fourth-order valence-electron chi connectivity index (χ4n) is 1.74. The number of nitrogens with one attached hydrogen (secondary N) is 1. The summed E-state index contributed by atoms with van der Waals surface area (Å²) < 4.78 is 9.79. The molecule has 0 aromatic heterocycles. The number of hydrogen-bond acceptors (Lipinski definition) is 4. The summed E-state index contributed by atoms with van der Waals surface area (Å²) >= 11 is 0. The Bertz CT molecular complexity index is 388. The monoisotopic (exact) mass is 235 g/mol. The quantitative estimate of drug-likeness (QED) is 0.770. The molecule has 1 aromatic rings. The first kappa shape index (κ1) is 12.1. The Hall–Kier alpha value is -1.39. The summed E-state index contributed by atoms with van der Waals surface area (Å²) in [5.74, 6) is -0.204. The molecule has 1 heterocycles. The predicted octanol–water partition coefficient (Wildman–Crippen LogP) is 0.890. The van der Waals surface area contributed by atoms with Crippen LogP contribution in [0.1, 0.15) is 11.1 Å². The third kappa shape index (κ3) is 3.28. The third-order valence-corrected chi connectivity index (χ3v) is 2.90. The van der Waals surface area contributed by atoms with Crippen LogP contribution >= 0.6 is 0 Å². The highest BCUT2D eigenvalue weighted by Gasteiger charge is 2.17. The first-order valence-electron chi connectivity index (χ1n) is 5.74. The molecule has 1 N–H and O–H groups in total. The molecule has 1 aliphatic heterocycles. The molecule has 1 aromatic carbocycles. The normalized spacial score (nSPS) is 15.4. The molecular weight excluding hydrogens is 218 g/mol. The maximum Gasteiger partial charge on any atom is 0.309 e. The second-order valence-electron chi connectivity index (χ2n) is 4.14. The maximum atomic E-state index is 11.3. The van der Waals surface area contributed by atoms with Crippen molar-refractivity contribution >= 4 is 5.97 Å². The van der Waals surface area contributed by atoms with Gasteiger partial charge in [-0.3, -0.25) is 4.79 Å². The van der Waals surface area contributed by atoms with Gasteiger partial charge in [-0.2, -0.15) is 0 Å². The lowest BCUT2D eigenvalue weighted by Gasteiger charge is -2.27. The SMILES string of the molecule is COC(=O)Cc1ccccc1CNC1COC1. The van der Waals surface area contributed by atoms with E-state index in [2.05, 4.69) is 10.1 Å². The highest BCUT2D eigenvalue weighted by molar-refractivity contribution is 5.72. The van der Waals surface area contributed by atoms with Gasteiger partial charge in [-0.15, -0.1) is 0 Å². The molecule has 0 unspecified atom stereocenters. The van der Waals surface area contributed by atoms with Crippen LogP contribution < -0.4 is 5.32 Å². The van der Waals surface area contributed by atoms with E-state index in [1.165, 1.54) is 7.11 Å². The first-order valence-corrected chi connectivity index (χ1v) is 5.74. The van der Waals surface area contributed by atoms with Gasteiger partial charge in [-0.25, -0.2) is 0 Å². The number of esters is 1. The topological polar surface area (TPSA) is 47.6 Å². The summed E-state index contributed by atoms with van der Waals surface area (Å²) in [6.45, 7) is 2.32. The van der Waals surface area contributed by atoms with Crippen molar-refractivity contribution in [3.05, 3.63) is 35.4 Å². The molecule has 0 radical (unpaired) electrons. The van der Waals surface area contributed by atoms with Crippen molar-refractivity contribution in [1.29, 1.82) is 0 Å². The van der Waals surface area contributed by atoms with Crippen LogP contribution in [-0.4, -0.2) is 32.3 Å². The molecule has 0 spiro atoms. The average molecular weight is 235 g/mol. The molecule has 4 nitrogen and oxygen atoms in total. The Morgan fingerprint density at radius 1 is 1.41 bits per heavy atom. The molecule has 0 bridgehead atoms. The van der Waals surface area contributed by atoms with Crippen LogP contribution in [0.4, 0.5) is 0 Å². The van der Waals surface area contributed by atoms with Crippen LogP contribution in [0, 0.1) is 0 Å². The minimum Gasteiger partial charge on any atom is -0.469 e. The van der Waals surface area contributed by atoms with Crippen LogP contribution in [0.5, 0.6) is 0 Å². The smallest absolute Gasteiger partial charge is 0.309 e. The summed E-state index contributed by atoms with van der Waals surface area (Å²) in [6.07, 6.45) is 0.329. The van der Waals surface area contributed by atoms with Gasteiger partial charge in [0.05, 0.1) is 32.8 Å². The average Bonchev–Trinajstić information content (AvgIpc) is 2.29. The van der Waals surface area contributed by atoms with Crippen molar-refractivity contribution in [3.63, 3.8) is 0 Å². The molecule has 92 valence electrons. The van der Waals surface area contributed by atoms with Gasteiger partial charge in [0.15, 0.2) is 0 Å². The number of methoxy groups -OCH3 is 1. The number of carbonyl (C=O) groups is 1. The van der Waals surface area contributed by atoms with Crippen LogP contribution in [0.15, 0.2) is 24.3 Å². The minimum atomic E-state index is -0.204. The lowest BCUT2D eigenvalue weighted by atomic mass is 10.0. The van der Waals surface area contributed by atoms with Gasteiger partial charge in [0, 0.05) is 6.54 Å². The van der Waals surface area contributed by atoms with Gasteiger partial charge in [-0.1, -0.05) is 24.3 Å². The van der Waals surface area contributed by atoms with Crippen molar-refractivity contribution in [1.82, 2.24) is 5.32 Å².